The first-order chi connectivity index (χ1) is 20.1. The zero-order chi connectivity index (χ0) is 29.6. The highest BCUT2D eigenvalue weighted by Crippen LogP contribution is 2.38. The third kappa shape index (κ3) is 5.37. The number of anilines is 1. The second-order valence-corrected chi connectivity index (χ2v) is 11.6. The van der Waals surface area contributed by atoms with Crippen LogP contribution in [0, 0.1) is 13.8 Å². The number of aliphatic hydroxyl groups is 1. The lowest BCUT2D eigenvalue weighted by Crippen LogP contribution is -2.50. The summed E-state index contributed by atoms with van der Waals surface area (Å²) in [6.45, 7) is 11.1. The number of carbonyl (C=O) groups excluding carboxylic acids is 1. The Morgan fingerprint density at radius 2 is 1.86 bits per heavy atom. The molecular formula is C32H35N7O3. The predicted octanol–water partition coefficient (Wildman–Crippen LogP) is 4.95. The van der Waals surface area contributed by atoms with Gasteiger partial charge >= 0.3 is 0 Å². The Balaban J connectivity index is 1.53. The van der Waals surface area contributed by atoms with Crippen LogP contribution in [0.15, 0.2) is 65.4 Å². The van der Waals surface area contributed by atoms with E-state index in [0.717, 1.165) is 50.4 Å². The average molecular weight is 566 g/mol. The number of aryl methyl sites for hydroxylation is 2. The molecule has 1 amide bonds. The van der Waals surface area contributed by atoms with E-state index in [1.54, 1.807) is 31.6 Å². The average Bonchev–Trinajstić information content (AvgIpc) is 3.56. The summed E-state index contributed by atoms with van der Waals surface area (Å²) in [6, 6.07) is 16.3. The largest absolute Gasteiger partial charge is 0.389 e. The van der Waals surface area contributed by atoms with Crippen molar-refractivity contribution < 1.29 is 14.4 Å². The molecule has 6 rings (SSSR count). The second kappa shape index (κ2) is 10.7. The summed E-state index contributed by atoms with van der Waals surface area (Å²) in [5, 5.41) is 19.8. The molecule has 1 fully saturated rings. The smallest absolute Gasteiger partial charge is 0.219 e. The van der Waals surface area contributed by atoms with Gasteiger partial charge in [0.05, 0.1) is 41.2 Å². The molecule has 0 bridgehead atoms. The van der Waals surface area contributed by atoms with Crippen molar-refractivity contribution in [1.29, 1.82) is 0 Å². The third-order valence-electron chi connectivity index (χ3n) is 7.72. The Kier molecular flexibility index (Phi) is 7.02. The molecule has 5 aromatic rings. The molecular weight excluding hydrogens is 530 g/mol. The van der Waals surface area contributed by atoms with Crippen molar-refractivity contribution in [1.82, 2.24) is 29.8 Å². The topological polar surface area (TPSA) is 113 Å². The van der Waals surface area contributed by atoms with Crippen LogP contribution in [0.3, 0.4) is 0 Å². The van der Waals surface area contributed by atoms with E-state index < -0.39 is 5.60 Å². The van der Waals surface area contributed by atoms with Gasteiger partial charge in [0.15, 0.2) is 5.82 Å². The molecule has 0 saturated carbocycles. The highest BCUT2D eigenvalue weighted by molar-refractivity contribution is 5.95. The van der Waals surface area contributed by atoms with Gasteiger partial charge in [0.1, 0.15) is 11.6 Å². The predicted molar refractivity (Wildman–Crippen MR) is 161 cm³/mol. The number of hydrogen-bond donors (Lipinski definition) is 1. The second-order valence-electron chi connectivity index (χ2n) is 11.6. The van der Waals surface area contributed by atoms with E-state index in [9.17, 15) is 9.90 Å². The van der Waals surface area contributed by atoms with E-state index in [2.05, 4.69) is 33.4 Å². The van der Waals surface area contributed by atoms with Gasteiger partial charge in [0, 0.05) is 43.7 Å². The number of fused-ring (bicyclic) bond motifs is 1. The molecule has 0 radical (unpaired) electrons. The van der Waals surface area contributed by atoms with Crippen LogP contribution in [0.2, 0.25) is 0 Å². The van der Waals surface area contributed by atoms with Gasteiger partial charge in [-0.1, -0.05) is 41.6 Å². The van der Waals surface area contributed by atoms with Crippen molar-refractivity contribution in [3.63, 3.8) is 0 Å². The molecule has 10 nitrogen and oxygen atoms in total. The van der Waals surface area contributed by atoms with Gasteiger partial charge in [-0.3, -0.25) is 9.48 Å². The summed E-state index contributed by atoms with van der Waals surface area (Å²) in [4.78, 5) is 26.8. The molecule has 3 aromatic heterocycles. The number of amides is 1. The van der Waals surface area contributed by atoms with Crippen molar-refractivity contribution in [3.05, 3.63) is 77.9 Å². The fourth-order valence-electron chi connectivity index (χ4n) is 5.76. The van der Waals surface area contributed by atoms with E-state index in [4.69, 9.17) is 14.5 Å². The third-order valence-corrected chi connectivity index (χ3v) is 7.72. The zero-order valence-electron chi connectivity index (χ0n) is 24.6. The van der Waals surface area contributed by atoms with Crippen molar-refractivity contribution in [2.45, 2.75) is 52.8 Å². The molecule has 4 heterocycles. The van der Waals surface area contributed by atoms with Crippen LogP contribution >= 0.6 is 0 Å². The number of carbonyl (C=O) groups is 1. The Labute approximate surface area is 244 Å². The molecule has 42 heavy (non-hydrogen) atoms. The van der Waals surface area contributed by atoms with E-state index in [1.807, 2.05) is 55.3 Å². The molecule has 1 unspecified atom stereocenters. The normalized spacial score (nSPS) is 15.9. The minimum atomic E-state index is -0.910. The van der Waals surface area contributed by atoms with Crippen molar-refractivity contribution in [2.24, 2.45) is 0 Å². The van der Waals surface area contributed by atoms with E-state index in [0.29, 0.717) is 32.0 Å². The fourth-order valence-corrected chi connectivity index (χ4v) is 5.76. The quantitative estimate of drug-likeness (QED) is 0.308. The van der Waals surface area contributed by atoms with Crippen LogP contribution < -0.4 is 4.90 Å². The van der Waals surface area contributed by atoms with Gasteiger partial charge in [-0.2, -0.15) is 5.10 Å². The summed E-state index contributed by atoms with van der Waals surface area (Å²) in [6.07, 6.45) is 3.60. The lowest BCUT2D eigenvalue weighted by molar-refractivity contribution is -0.129. The lowest BCUT2D eigenvalue weighted by atomic mass is 9.99. The Morgan fingerprint density at radius 3 is 2.55 bits per heavy atom. The molecule has 216 valence electrons. The van der Waals surface area contributed by atoms with Crippen LogP contribution in [-0.4, -0.2) is 66.1 Å². The van der Waals surface area contributed by atoms with Crippen LogP contribution in [0.1, 0.15) is 43.8 Å². The van der Waals surface area contributed by atoms with Gasteiger partial charge in [-0.05, 0) is 51.0 Å². The highest BCUT2D eigenvalue weighted by Gasteiger charge is 2.32. The minimum absolute atomic E-state index is 0.0590. The number of aromatic nitrogens is 5. The molecule has 1 atom stereocenters. The monoisotopic (exact) mass is 565 g/mol. The van der Waals surface area contributed by atoms with Crippen LogP contribution in [0.25, 0.3) is 33.4 Å². The van der Waals surface area contributed by atoms with Crippen molar-refractivity contribution in [3.8, 4) is 22.5 Å². The Bertz CT molecular complexity index is 1730. The zero-order valence-corrected chi connectivity index (χ0v) is 24.6. The maximum Gasteiger partial charge on any atom is 0.219 e. The fraction of sp³-hybridized carbons (Fsp3) is 0.344. The molecule has 0 spiro atoms. The van der Waals surface area contributed by atoms with E-state index in [1.165, 1.54) is 0 Å². The number of piperazine rings is 1. The highest BCUT2D eigenvalue weighted by atomic mass is 16.5. The summed E-state index contributed by atoms with van der Waals surface area (Å²) in [5.74, 6) is 2.15. The first kappa shape index (κ1) is 27.6. The molecule has 1 aliphatic rings. The minimum Gasteiger partial charge on any atom is -0.389 e. The molecule has 10 heteroatoms. The first-order valence-corrected chi connectivity index (χ1v) is 14.1. The van der Waals surface area contributed by atoms with E-state index >= 15 is 0 Å². The molecule has 1 saturated heterocycles. The number of nitrogens with zero attached hydrogens (tertiary/aromatic N) is 7. The summed E-state index contributed by atoms with van der Waals surface area (Å²) < 4.78 is 7.18. The van der Waals surface area contributed by atoms with Gasteiger partial charge in [-0.25, -0.2) is 9.97 Å². The maximum atomic E-state index is 12.5. The maximum absolute atomic E-state index is 12.5. The molecule has 1 N–H and O–H groups in total. The van der Waals surface area contributed by atoms with Crippen molar-refractivity contribution >= 4 is 22.6 Å². The number of rotatable bonds is 6. The molecule has 0 aliphatic carbocycles. The summed E-state index contributed by atoms with van der Waals surface area (Å²) in [5.41, 5.74) is 4.51. The summed E-state index contributed by atoms with van der Waals surface area (Å²) in [7, 11) is 0. The lowest BCUT2D eigenvalue weighted by Gasteiger charge is -2.42. The molecule has 1 aliphatic heterocycles. The van der Waals surface area contributed by atoms with Crippen molar-refractivity contribution in [2.75, 3.05) is 24.5 Å². The van der Waals surface area contributed by atoms with Gasteiger partial charge in [-0.15, -0.1) is 0 Å². The van der Waals surface area contributed by atoms with Gasteiger partial charge < -0.3 is 19.4 Å². The van der Waals surface area contributed by atoms with Gasteiger partial charge in [0.2, 0.25) is 5.91 Å². The van der Waals surface area contributed by atoms with Gasteiger partial charge in [0.25, 0.3) is 0 Å². The molecule has 2 aromatic carbocycles. The van der Waals surface area contributed by atoms with E-state index in [-0.39, 0.29) is 11.9 Å². The van der Waals surface area contributed by atoms with Crippen LogP contribution in [0.5, 0.6) is 0 Å². The van der Waals surface area contributed by atoms with Crippen LogP contribution in [-0.2, 0) is 11.3 Å². The number of benzene rings is 2. The number of hydrogen-bond acceptors (Lipinski definition) is 8. The standard InChI is InChI=1S/C32H35N7O3/c1-20-29(21(2)42-36-20)24-11-12-27-26(15-24)31(35-30(34-27)25-16-33-38(17-25)19-32(4,5)41)39-14-13-37(22(3)40)18-28(39)23-9-7-6-8-10-23/h6-12,15-17,28,41H,13-14,18-19H2,1-5H3. The van der Waals surface area contributed by atoms with Crippen LogP contribution in [0.4, 0.5) is 5.82 Å². The Morgan fingerprint density at radius 1 is 1.07 bits per heavy atom. The summed E-state index contributed by atoms with van der Waals surface area (Å²) >= 11 is 0. The SMILES string of the molecule is CC(=O)N1CCN(c2nc(-c3cnn(CC(C)(C)O)c3)nc3ccc(-c4c(C)noc4C)cc23)C(c2ccccc2)C1. The Hall–Kier alpha value is -4.57. The first-order valence-electron chi connectivity index (χ1n) is 14.1.